The third-order valence-electron chi connectivity index (χ3n) is 3.47. The van der Waals surface area contributed by atoms with Crippen molar-refractivity contribution in [3.8, 4) is 11.3 Å². The molecular formula is C16H17N3O. The Balaban J connectivity index is 2.19. The van der Waals surface area contributed by atoms with E-state index in [2.05, 4.69) is 43.0 Å². The number of imidazole rings is 1. The third kappa shape index (κ3) is 2.08. The van der Waals surface area contributed by atoms with E-state index in [9.17, 15) is 0 Å². The van der Waals surface area contributed by atoms with Crippen LogP contribution >= 0.6 is 0 Å². The molecule has 0 radical (unpaired) electrons. The quantitative estimate of drug-likeness (QED) is 0.776. The van der Waals surface area contributed by atoms with Crippen LogP contribution in [0.1, 0.15) is 22.4 Å². The van der Waals surface area contributed by atoms with Crippen molar-refractivity contribution in [2.24, 2.45) is 0 Å². The molecule has 1 aromatic carbocycles. The summed E-state index contributed by atoms with van der Waals surface area (Å²) < 4.78 is 1.72. The van der Waals surface area contributed by atoms with Gasteiger partial charge in [-0.15, -0.1) is 0 Å². The molecule has 3 rings (SSSR count). The Morgan fingerprint density at radius 1 is 1.10 bits per heavy atom. The van der Waals surface area contributed by atoms with Gasteiger partial charge in [0.1, 0.15) is 0 Å². The first-order valence-corrected chi connectivity index (χ1v) is 6.63. The number of aromatic nitrogens is 3. The largest absolute Gasteiger partial charge is 0.390 e. The van der Waals surface area contributed by atoms with E-state index in [1.54, 1.807) is 10.7 Å². The number of benzene rings is 1. The highest BCUT2D eigenvalue weighted by molar-refractivity contribution is 5.68. The van der Waals surface area contributed by atoms with Crippen LogP contribution in [0.2, 0.25) is 0 Å². The fourth-order valence-corrected chi connectivity index (χ4v) is 2.72. The lowest BCUT2D eigenvalue weighted by Crippen LogP contribution is -1.97. The maximum Gasteiger partial charge on any atom is 0.153 e. The summed E-state index contributed by atoms with van der Waals surface area (Å²) in [5.41, 5.74) is 7.17. The van der Waals surface area contributed by atoms with E-state index < -0.39 is 0 Å². The van der Waals surface area contributed by atoms with E-state index >= 15 is 0 Å². The predicted molar refractivity (Wildman–Crippen MR) is 78.6 cm³/mol. The maximum absolute atomic E-state index is 9.14. The minimum absolute atomic E-state index is 0.0682. The number of aryl methyl sites for hydroxylation is 3. The van der Waals surface area contributed by atoms with Crippen LogP contribution in [0, 0.1) is 20.8 Å². The van der Waals surface area contributed by atoms with Crippen LogP contribution in [0.3, 0.4) is 0 Å². The second kappa shape index (κ2) is 4.72. The van der Waals surface area contributed by atoms with Crippen molar-refractivity contribution < 1.29 is 5.11 Å². The average Bonchev–Trinajstić information content (AvgIpc) is 2.79. The van der Waals surface area contributed by atoms with Crippen LogP contribution in [-0.2, 0) is 6.61 Å². The maximum atomic E-state index is 9.14. The standard InChI is InChI=1S/C16H17N3O/c1-10-6-11(2)16(12(3)7-10)14-4-5-15-17-13(9-20)8-19(15)18-14/h4-8,20H,9H2,1-3H3. The van der Waals surface area contributed by atoms with Gasteiger partial charge >= 0.3 is 0 Å². The molecule has 4 nitrogen and oxygen atoms in total. The number of fused-ring (bicyclic) bond motifs is 1. The molecule has 0 atom stereocenters. The molecule has 0 fully saturated rings. The van der Waals surface area contributed by atoms with Crippen molar-refractivity contribution in [1.82, 2.24) is 14.6 Å². The Hall–Kier alpha value is -2.20. The molecule has 2 heterocycles. The van der Waals surface area contributed by atoms with Crippen molar-refractivity contribution in [2.45, 2.75) is 27.4 Å². The molecule has 0 unspecified atom stereocenters. The zero-order valence-corrected chi connectivity index (χ0v) is 11.9. The molecule has 0 saturated carbocycles. The zero-order chi connectivity index (χ0) is 14.3. The topological polar surface area (TPSA) is 50.4 Å². The van der Waals surface area contributed by atoms with Gasteiger partial charge < -0.3 is 5.11 Å². The van der Waals surface area contributed by atoms with Crippen LogP contribution < -0.4 is 0 Å². The third-order valence-corrected chi connectivity index (χ3v) is 3.47. The van der Waals surface area contributed by atoms with Gasteiger partial charge in [0, 0.05) is 5.56 Å². The number of aliphatic hydroxyl groups excluding tert-OH is 1. The summed E-state index contributed by atoms with van der Waals surface area (Å²) in [7, 11) is 0. The summed E-state index contributed by atoms with van der Waals surface area (Å²) in [6, 6.07) is 8.25. The summed E-state index contributed by atoms with van der Waals surface area (Å²) in [4.78, 5) is 4.28. The highest BCUT2D eigenvalue weighted by atomic mass is 16.3. The van der Waals surface area contributed by atoms with Crippen LogP contribution in [0.4, 0.5) is 0 Å². The van der Waals surface area contributed by atoms with E-state index in [1.165, 1.54) is 16.7 Å². The van der Waals surface area contributed by atoms with Gasteiger partial charge in [0.2, 0.25) is 0 Å². The molecule has 0 aliphatic rings. The van der Waals surface area contributed by atoms with Crippen LogP contribution in [-0.4, -0.2) is 19.7 Å². The fourth-order valence-electron chi connectivity index (χ4n) is 2.72. The number of rotatable bonds is 2. The number of aliphatic hydroxyl groups is 1. The molecule has 2 aromatic heterocycles. The Labute approximate surface area is 117 Å². The molecule has 0 aliphatic heterocycles. The molecule has 1 N–H and O–H groups in total. The van der Waals surface area contributed by atoms with Gasteiger partial charge in [-0.3, -0.25) is 0 Å². The van der Waals surface area contributed by atoms with Crippen LogP contribution in [0.25, 0.3) is 16.9 Å². The Kier molecular flexibility index (Phi) is 3.03. The first kappa shape index (κ1) is 12.8. The van der Waals surface area contributed by atoms with E-state index in [0.717, 1.165) is 16.9 Å². The van der Waals surface area contributed by atoms with Gasteiger partial charge in [-0.1, -0.05) is 17.7 Å². The molecule has 3 aromatic rings. The second-order valence-corrected chi connectivity index (χ2v) is 5.19. The zero-order valence-electron chi connectivity index (χ0n) is 11.9. The Morgan fingerprint density at radius 3 is 2.45 bits per heavy atom. The first-order chi connectivity index (χ1) is 9.58. The van der Waals surface area contributed by atoms with Crippen molar-refractivity contribution >= 4 is 5.65 Å². The number of nitrogens with zero attached hydrogens (tertiary/aromatic N) is 3. The van der Waals surface area contributed by atoms with Gasteiger partial charge in [-0.25, -0.2) is 9.50 Å². The lowest BCUT2D eigenvalue weighted by molar-refractivity contribution is 0.277. The van der Waals surface area contributed by atoms with Gasteiger partial charge in [0.05, 0.1) is 24.2 Å². The summed E-state index contributed by atoms with van der Waals surface area (Å²) in [6.45, 7) is 6.24. The van der Waals surface area contributed by atoms with Crippen molar-refractivity contribution in [2.75, 3.05) is 0 Å². The minimum atomic E-state index is -0.0682. The second-order valence-electron chi connectivity index (χ2n) is 5.19. The molecular weight excluding hydrogens is 250 g/mol. The lowest BCUT2D eigenvalue weighted by Gasteiger charge is -2.10. The van der Waals surface area contributed by atoms with E-state index in [1.807, 2.05) is 12.1 Å². The van der Waals surface area contributed by atoms with E-state index in [0.29, 0.717) is 5.69 Å². The molecule has 0 saturated heterocycles. The summed E-state index contributed by atoms with van der Waals surface area (Å²) >= 11 is 0. The molecule has 0 amide bonds. The fraction of sp³-hybridized carbons (Fsp3) is 0.250. The highest BCUT2D eigenvalue weighted by Gasteiger charge is 2.10. The molecule has 20 heavy (non-hydrogen) atoms. The lowest BCUT2D eigenvalue weighted by atomic mass is 9.97. The number of hydrogen-bond acceptors (Lipinski definition) is 3. The monoisotopic (exact) mass is 267 g/mol. The normalized spacial score (nSPS) is 11.2. The first-order valence-electron chi connectivity index (χ1n) is 6.63. The Bertz CT molecular complexity index is 767. The predicted octanol–water partition coefficient (Wildman–Crippen LogP) is 2.81. The smallest absolute Gasteiger partial charge is 0.153 e. The van der Waals surface area contributed by atoms with Gasteiger partial charge in [-0.2, -0.15) is 5.10 Å². The van der Waals surface area contributed by atoms with E-state index in [4.69, 9.17) is 5.11 Å². The summed E-state index contributed by atoms with van der Waals surface area (Å²) in [6.07, 6.45) is 1.76. The molecule has 0 bridgehead atoms. The van der Waals surface area contributed by atoms with Crippen LogP contribution in [0.5, 0.6) is 0 Å². The molecule has 102 valence electrons. The van der Waals surface area contributed by atoms with E-state index in [-0.39, 0.29) is 6.61 Å². The molecule has 4 heteroatoms. The molecule has 0 spiro atoms. The minimum Gasteiger partial charge on any atom is -0.390 e. The van der Waals surface area contributed by atoms with Gasteiger partial charge in [0.15, 0.2) is 5.65 Å². The van der Waals surface area contributed by atoms with Crippen molar-refractivity contribution in [3.63, 3.8) is 0 Å². The van der Waals surface area contributed by atoms with Crippen LogP contribution in [0.15, 0.2) is 30.5 Å². The average molecular weight is 267 g/mol. The van der Waals surface area contributed by atoms with Crippen molar-refractivity contribution in [1.29, 1.82) is 0 Å². The van der Waals surface area contributed by atoms with Gasteiger partial charge in [0.25, 0.3) is 0 Å². The Morgan fingerprint density at radius 2 is 1.80 bits per heavy atom. The van der Waals surface area contributed by atoms with Crippen molar-refractivity contribution in [3.05, 3.63) is 52.8 Å². The van der Waals surface area contributed by atoms with Gasteiger partial charge in [-0.05, 0) is 44.0 Å². The highest BCUT2D eigenvalue weighted by Crippen LogP contribution is 2.26. The summed E-state index contributed by atoms with van der Waals surface area (Å²) in [5, 5.41) is 13.7. The molecule has 0 aliphatic carbocycles. The SMILES string of the molecule is Cc1cc(C)c(-c2ccc3nc(CO)cn3n2)c(C)c1. The summed E-state index contributed by atoms with van der Waals surface area (Å²) in [5.74, 6) is 0. The number of hydrogen-bond donors (Lipinski definition) is 1.